The van der Waals surface area contributed by atoms with E-state index < -0.39 is 5.41 Å². The van der Waals surface area contributed by atoms with Crippen LogP contribution in [0.3, 0.4) is 0 Å². The van der Waals surface area contributed by atoms with E-state index in [9.17, 15) is 9.59 Å². The molecule has 0 bridgehead atoms. The summed E-state index contributed by atoms with van der Waals surface area (Å²) in [7, 11) is 0. The van der Waals surface area contributed by atoms with Crippen LogP contribution in [-0.4, -0.2) is 29.7 Å². The third-order valence-electron chi connectivity index (χ3n) is 3.87. The SMILES string of the molecule is CC(C)(C)C(=O)N(CCc1ccccc1)CC(=O)c1ccccc1. The lowest BCUT2D eigenvalue weighted by molar-refractivity contribution is -0.138. The number of ketones is 1. The lowest BCUT2D eigenvalue weighted by Gasteiger charge is -2.29. The van der Waals surface area contributed by atoms with E-state index in [1.54, 1.807) is 17.0 Å². The minimum atomic E-state index is -0.506. The van der Waals surface area contributed by atoms with E-state index in [0.717, 1.165) is 12.0 Å². The molecule has 0 unspecified atom stereocenters. The van der Waals surface area contributed by atoms with Gasteiger partial charge in [0.1, 0.15) is 0 Å². The van der Waals surface area contributed by atoms with Crippen LogP contribution in [0, 0.1) is 5.41 Å². The molecule has 3 heteroatoms. The topological polar surface area (TPSA) is 37.4 Å². The van der Waals surface area contributed by atoms with E-state index in [0.29, 0.717) is 12.1 Å². The van der Waals surface area contributed by atoms with Gasteiger partial charge in [0.2, 0.25) is 5.91 Å². The molecule has 126 valence electrons. The van der Waals surface area contributed by atoms with Crippen molar-refractivity contribution in [2.45, 2.75) is 27.2 Å². The Bertz CT molecular complexity index is 672. The zero-order chi connectivity index (χ0) is 17.6. The molecule has 3 nitrogen and oxygen atoms in total. The Labute approximate surface area is 144 Å². The molecule has 0 aliphatic carbocycles. The summed E-state index contributed by atoms with van der Waals surface area (Å²) < 4.78 is 0. The summed E-state index contributed by atoms with van der Waals surface area (Å²) in [6, 6.07) is 19.2. The molecule has 0 saturated carbocycles. The molecule has 2 aromatic carbocycles. The third-order valence-corrected chi connectivity index (χ3v) is 3.87. The fourth-order valence-corrected chi connectivity index (χ4v) is 2.52. The zero-order valence-corrected chi connectivity index (χ0v) is 14.7. The highest BCUT2D eigenvalue weighted by Gasteiger charge is 2.28. The van der Waals surface area contributed by atoms with Gasteiger partial charge in [0.15, 0.2) is 5.78 Å². The van der Waals surface area contributed by atoms with Gasteiger partial charge in [-0.15, -0.1) is 0 Å². The fourth-order valence-electron chi connectivity index (χ4n) is 2.52. The van der Waals surface area contributed by atoms with Crippen LogP contribution in [0.2, 0.25) is 0 Å². The lowest BCUT2D eigenvalue weighted by atomic mass is 9.94. The fraction of sp³-hybridized carbons (Fsp3) is 0.333. The number of carbonyl (C=O) groups is 2. The van der Waals surface area contributed by atoms with E-state index >= 15 is 0 Å². The van der Waals surface area contributed by atoms with Crippen LogP contribution in [0.25, 0.3) is 0 Å². The predicted octanol–water partition coefficient (Wildman–Crippen LogP) is 3.99. The summed E-state index contributed by atoms with van der Waals surface area (Å²) in [5.41, 5.74) is 1.30. The first-order valence-corrected chi connectivity index (χ1v) is 8.29. The van der Waals surface area contributed by atoms with Crippen LogP contribution in [0.1, 0.15) is 36.7 Å². The van der Waals surface area contributed by atoms with Gasteiger partial charge in [0.05, 0.1) is 6.54 Å². The molecular formula is C21H25NO2. The van der Waals surface area contributed by atoms with Gasteiger partial charge in [0, 0.05) is 17.5 Å². The molecular weight excluding hydrogens is 298 g/mol. The zero-order valence-electron chi connectivity index (χ0n) is 14.7. The van der Waals surface area contributed by atoms with Gasteiger partial charge in [-0.25, -0.2) is 0 Å². The van der Waals surface area contributed by atoms with Gasteiger partial charge in [-0.2, -0.15) is 0 Å². The number of hydrogen-bond acceptors (Lipinski definition) is 2. The summed E-state index contributed by atoms with van der Waals surface area (Å²) in [5, 5.41) is 0. The van der Waals surface area contributed by atoms with E-state index in [4.69, 9.17) is 0 Å². The molecule has 0 radical (unpaired) electrons. The molecule has 2 aromatic rings. The van der Waals surface area contributed by atoms with Crippen LogP contribution in [0.4, 0.5) is 0 Å². The molecule has 0 aromatic heterocycles. The van der Waals surface area contributed by atoms with Crippen molar-refractivity contribution in [2.75, 3.05) is 13.1 Å². The van der Waals surface area contributed by atoms with Crippen LogP contribution >= 0.6 is 0 Å². The lowest BCUT2D eigenvalue weighted by Crippen LogP contribution is -2.43. The maximum absolute atomic E-state index is 12.7. The molecule has 24 heavy (non-hydrogen) atoms. The van der Waals surface area contributed by atoms with Crippen molar-refractivity contribution >= 4 is 11.7 Å². The van der Waals surface area contributed by atoms with Gasteiger partial charge in [0.25, 0.3) is 0 Å². The van der Waals surface area contributed by atoms with E-state index in [1.165, 1.54) is 0 Å². The predicted molar refractivity (Wildman–Crippen MR) is 97.0 cm³/mol. The molecule has 0 atom stereocenters. The van der Waals surface area contributed by atoms with Crippen molar-refractivity contribution < 1.29 is 9.59 Å². The average Bonchev–Trinajstić information content (AvgIpc) is 2.58. The number of hydrogen-bond donors (Lipinski definition) is 0. The number of benzene rings is 2. The van der Waals surface area contributed by atoms with Crippen molar-refractivity contribution in [2.24, 2.45) is 5.41 Å². The molecule has 0 saturated heterocycles. The number of amides is 1. The Balaban J connectivity index is 2.11. The Kier molecular flexibility index (Phi) is 5.91. The molecule has 0 heterocycles. The van der Waals surface area contributed by atoms with Crippen molar-refractivity contribution in [1.29, 1.82) is 0 Å². The third kappa shape index (κ3) is 5.05. The second-order valence-electron chi connectivity index (χ2n) is 7.00. The van der Waals surface area contributed by atoms with Crippen LogP contribution < -0.4 is 0 Å². The summed E-state index contributed by atoms with van der Waals surface area (Å²) in [5.74, 6) is -0.0241. The van der Waals surface area contributed by atoms with Gasteiger partial charge >= 0.3 is 0 Å². The first-order chi connectivity index (χ1) is 11.4. The maximum Gasteiger partial charge on any atom is 0.228 e. The van der Waals surface area contributed by atoms with Gasteiger partial charge in [-0.05, 0) is 12.0 Å². The summed E-state index contributed by atoms with van der Waals surface area (Å²) >= 11 is 0. The minimum absolute atomic E-state index is 0.00251. The van der Waals surface area contributed by atoms with Crippen LogP contribution in [-0.2, 0) is 11.2 Å². The number of nitrogens with zero attached hydrogens (tertiary/aromatic N) is 1. The van der Waals surface area contributed by atoms with E-state index in [1.807, 2.05) is 69.3 Å². The maximum atomic E-state index is 12.7. The van der Waals surface area contributed by atoms with Crippen molar-refractivity contribution in [3.8, 4) is 0 Å². The van der Waals surface area contributed by atoms with Crippen molar-refractivity contribution in [1.82, 2.24) is 4.90 Å². The molecule has 0 spiro atoms. The smallest absolute Gasteiger partial charge is 0.228 e. The molecule has 2 rings (SSSR count). The van der Waals surface area contributed by atoms with Crippen LogP contribution in [0.15, 0.2) is 60.7 Å². The molecule has 0 fully saturated rings. The van der Waals surface area contributed by atoms with Gasteiger partial charge in [-0.1, -0.05) is 81.4 Å². The highest BCUT2D eigenvalue weighted by molar-refractivity contribution is 5.99. The Morgan fingerprint density at radius 2 is 1.42 bits per heavy atom. The monoisotopic (exact) mass is 323 g/mol. The molecule has 0 aliphatic heterocycles. The Morgan fingerprint density at radius 1 is 0.875 bits per heavy atom. The number of carbonyl (C=O) groups excluding carboxylic acids is 2. The highest BCUT2D eigenvalue weighted by atomic mass is 16.2. The number of rotatable bonds is 6. The number of Topliss-reactive ketones (excluding diaryl/α,β-unsaturated/α-hetero) is 1. The normalized spacial score (nSPS) is 11.1. The van der Waals surface area contributed by atoms with Crippen molar-refractivity contribution in [3.05, 3.63) is 71.8 Å². The summed E-state index contributed by atoms with van der Waals surface area (Å²) in [6.07, 6.45) is 0.741. The first kappa shape index (κ1) is 17.9. The van der Waals surface area contributed by atoms with Gasteiger partial charge < -0.3 is 4.90 Å². The standard InChI is InChI=1S/C21H25NO2/c1-21(2,3)20(24)22(15-14-17-10-6-4-7-11-17)16-19(23)18-12-8-5-9-13-18/h4-13H,14-16H2,1-3H3. The van der Waals surface area contributed by atoms with Gasteiger partial charge in [-0.3, -0.25) is 9.59 Å². The summed E-state index contributed by atoms with van der Waals surface area (Å²) in [6.45, 7) is 6.32. The quantitative estimate of drug-likeness (QED) is 0.754. The second kappa shape index (κ2) is 7.91. The molecule has 0 N–H and O–H groups in total. The Hall–Kier alpha value is -2.42. The van der Waals surface area contributed by atoms with E-state index in [2.05, 4.69) is 0 Å². The Morgan fingerprint density at radius 3 is 1.96 bits per heavy atom. The molecule has 1 amide bonds. The minimum Gasteiger partial charge on any atom is -0.334 e. The van der Waals surface area contributed by atoms with E-state index in [-0.39, 0.29) is 18.2 Å². The average molecular weight is 323 g/mol. The van der Waals surface area contributed by atoms with Crippen molar-refractivity contribution in [3.63, 3.8) is 0 Å². The highest BCUT2D eigenvalue weighted by Crippen LogP contribution is 2.18. The largest absolute Gasteiger partial charge is 0.334 e. The first-order valence-electron chi connectivity index (χ1n) is 8.29. The molecule has 0 aliphatic rings. The summed E-state index contributed by atoms with van der Waals surface area (Å²) in [4.78, 5) is 26.9. The second-order valence-corrected chi connectivity index (χ2v) is 7.00. The van der Waals surface area contributed by atoms with Crippen LogP contribution in [0.5, 0.6) is 0 Å².